The summed E-state index contributed by atoms with van der Waals surface area (Å²) in [7, 11) is 23.0. The Kier molecular flexibility index (Phi) is 33.2. The smallest absolute Gasteiger partial charge is 0.247 e. The van der Waals surface area contributed by atoms with E-state index >= 15 is 0 Å². The number of pyridine rings is 3. The lowest BCUT2D eigenvalue weighted by Crippen LogP contribution is -2.29. The van der Waals surface area contributed by atoms with Gasteiger partial charge in [-0.25, -0.2) is 44.9 Å². The molecular formula is C84H104ClN25O6. The summed E-state index contributed by atoms with van der Waals surface area (Å²) in [5.74, 6) is 4.60. The Morgan fingerprint density at radius 3 is 1.04 bits per heavy atom. The van der Waals surface area contributed by atoms with Gasteiger partial charge in [0.25, 0.3) is 0 Å². The molecule has 12 aromatic rings. The molecule has 9 heterocycles. The number of hydrogen-bond acceptors (Lipinski definition) is 26. The molecule has 0 radical (unpaired) electrons. The number of hydrogen-bond donors (Lipinski definition) is 6. The Bertz CT molecular complexity index is 5200. The molecule has 0 aliphatic rings. The highest BCUT2D eigenvalue weighted by molar-refractivity contribution is 6.66. The second kappa shape index (κ2) is 42.9. The molecular weight excluding hydrogens is 1490 g/mol. The van der Waals surface area contributed by atoms with Gasteiger partial charge in [0.05, 0.1) is 112 Å². The Hall–Kier alpha value is -13.5. The number of imidazole rings is 3. The molecule has 0 fully saturated rings. The Balaban J connectivity index is 0.000000229. The van der Waals surface area contributed by atoms with Gasteiger partial charge in [0, 0.05) is 123 Å². The third-order valence-corrected chi connectivity index (χ3v) is 17.7. The zero-order chi connectivity index (χ0) is 83.6. The number of nitrogens with two attached hydrogens (primary N) is 1. The molecule has 0 spiro atoms. The number of ether oxygens (including phenoxy) is 3. The molecule has 3 aromatic carbocycles. The van der Waals surface area contributed by atoms with E-state index < -0.39 is 5.24 Å². The van der Waals surface area contributed by atoms with Gasteiger partial charge in [-0.2, -0.15) is 5.26 Å². The van der Waals surface area contributed by atoms with Crippen molar-refractivity contribution in [1.82, 2.24) is 72.8 Å². The topological polar surface area (TPSA) is 338 Å². The predicted octanol–water partition coefficient (Wildman–Crippen LogP) is 13.5. The van der Waals surface area contributed by atoms with Gasteiger partial charge >= 0.3 is 0 Å². The van der Waals surface area contributed by atoms with Crippen molar-refractivity contribution in [2.24, 2.45) is 0 Å². The molecule has 12 rings (SSSR count). The number of fused-ring (bicyclic) bond motifs is 3. The van der Waals surface area contributed by atoms with Crippen LogP contribution in [0.25, 0.3) is 51.1 Å². The SMILES string of the molecule is C.C=CC(=O)Cl.C=CC(=O)Nc1cc(Nc2nccc(-c3nc(C)c4ccccn34)n2)c(OC)cc1N(C)CCN(C)C.C=CC(=O)Nc1cc(Nc2nccc(-c3nc(C)c4ccccn34)n2)c(OC)cc1N(C)CCN(C)C.CC#N.COc1cc(N(C)CCN(C)C)c(N)cc1Nc1nccc(-c2nc(C)c3ccccn23)n1. The predicted molar refractivity (Wildman–Crippen MR) is 468 cm³/mol. The van der Waals surface area contributed by atoms with Gasteiger partial charge in [0.2, 0.25) is 34.9 Å². The number of anilines is 12. The number of carbonyl (C=O) groups is 3. The van der Waals surface area contributed by atoms with Crippen LogP contribution in [0.4, 0.5) is 69.0 Å². The summed E-state index contributed by atoms with van der Waals surface area (Å²) < 4.78 is 23.1. The minimum atomic E-state index is -0.509. The normalized spacial score (nSPS) is 10.5. The lowest BCUT2D eigenvalue weighted by molar-refractivity contribution is -0.112. The van der Waals surface area contributed by atoms with E-state index in [-0.39, 0.29) is 19.2 Å². The van der Waals surface area contributed by atoms with E-state index in [0.29, 0.717) is 86.3 Å². The van der Waals surface area contributed by atoms with Crippen molar-refractivity contribution in [3.05, 3.63) is 201 Å². The van der Waals surface area contributed by atoms with Crippen LogP contribution in [0, 0.1) is 32.1 Å². The number of halogens is 1. The standard InChI is InChI=1S/2C27H32N8O2.C24H30N8O.C3H3ClO.C2H3N.CH4/c2*1-7-25(36)30-20-16-21(24(37-6)17-23(20)34(5)15-14-33(3)4)32-27-28-12-11-19(31-27)26-29-18(2)22-10-8-9-13-35(22)26;1-16-20-8-6-7-11-32(20)23(27-16)18-9-10-26-24(28-18)29-19-14-17(25)21(15-22(19)33-5)31(4)13-12-30(2)3;1-2-3(4)5;1-2-3;/h2*7-13,16-17H,1,14-15H2,2-6H3,(H,30,36)(H,28,31,32);6-11,14-15H,12-13,25H2,1-5H3,(H,26,28,29);2H,1H2;1H3;1H4. The number of amides is 2. The van der Waals surface area contributed by atoms with E-state index in [1.165, 1.54) is 19.1 Å². The molecule has 0 saturated carbocycles. The number of nitriles is 1. The molecule has 31 nitrogen and oxygen atoms in total. The van der Waals surface area contributed by atoms with Crippen LogP contribution in [0.15, 0.2) is 184 Å². The molecule has 0 aliphatic carbocycles. The minimum absolute atomic E-state index is 0. The fourth-order valence-corrected chi connectivity index (χ4v) is 11.6. The lowest BCUT2D eigenvalue weighted by Gasteiger charge is -2.26. The number of carbonyl (C=O) groups excluding carboxylic acids is 3. The number of aryl methyl sites for hydroxylation is 3. The second-order valence-electron chi connectivity index (χ2n) is 26.6. The number of rotatable bonds is 29. The van der Waals surface area contributed by atoms with Crippen LogP contribution >= 0.6 is 11.6 Å². The number of nitrogens with one attached hydrogen (secondary N) is 5. The zero-order valence-electron chi connectivity index (χ0n) is 67.9. The fourth-order valence-electron chi connectivity index (χ4n) is 11.6. The molecule has 0 unspecified atom stereocenters. The lowest BCUT2D eigenvalue weighted by atomic mass is 10.2. The second-order valence-corrected chi connectivity index (χ2v) is 27.0. The highest BCUT2D eigenvalue weighted by Crippen LogP contribution is 2.41. The highest BCUT2D eigenvalue weighted by atomic mass is 35.5. The quantitative estimate of drug-likeness (QED) is 0.0144. The molecule has 116 heavy (non-hydrogen) atoms. The van der Waals surface area contributed by atoms with Crippen LogP contribution < -0.4 is 61.2 Å². The average molecular weight is 1600 g/mol. The number of benzene rings is 3. The first-order valence-corrected chi connectivity index (χ1v) is 36.7. The van der Waals surface area contributed by atoms with Gasteiger partial charge in [0.15, 0.2) is 17.5 Å². The number of methoxy groups -OCH3 is 3. The third kappa shape index (κ3) is 23.8. The van der Waals surface area contributed by atoms with Gasteiger partial charge in [-0.05, 0) is 166 Å². The monoisotopic (exact) mass is 1590 g/mol. The van der Waals surface area contributed by atoms with Crippen molar-refractivity contribution in [3.63, 3.8) is 0 Å². The molecule has 32 heteroatoms. The van der Waals surface area contributed by atoms with Crippen LogP contribution in [0.3, 0.4) is 0 Å². The number of likely N-dealkylation sites (N-methyl/N-ethyl adjacent to an activating group) is 6. The van der Waals surface area contributed by atoms with Gasteiger partial charge in [-0.15, -0.1) is 0 Å². The molecule has 7 N–H and O–H groups in total. The Morgan fingerprint density at radius 2 is 0.759 bits per heavy atom. The van der Waals surface area contributed by atoms with E-state index in [2.05, 4.69) is 90.7 Å². The maximum absolute atomic E-state index is 12.2. The molecule has 2 amide bonds. The number of allylic oxidation sites excluding steroid dienone is 1. The molecule has 0 bridgehead atoms. The van der Waals surface area contributed by atoms with E-state index in [0.717, 1.165) is 114 Å². The first kappa shape index (κ1) is 89.7. The van der Waals surface area contributed by atoms with Crippen molar-refractivity contribution in [3.8, 4) is 57.9 Å². The van der Waals surface area contributed by atoms with Crippen molar-refractivity contribution >= 4 is 114 Å². The summed E-state index contributed by atoms with van der Waals surface area (Å²) in [6.45, 7) is 22.5. The van der Waals surface area contributed by atoms with Crippen LogP contribution in [0.5, 0.6) is 17.2 Å². The van der Waals surface area contributed by atoms with E-state index in [4.69, 9.17) is 66.7 Å². The summed E-state index contributed by atoms with van der Waals surface area (Å²) in [6.07, 6.45) is 14.5. The number of aromatic nitrogens is 12. The van der Waals surface area contributed by atoms with Gasteiger partial charge in [-0.3, -0.25) is 27.6 Å². The van der Waals surface area contributed by atoms with Gasteiger partial charge < -0.3 is 75.9 Å². The number of nitrogens with zero attached hydrogens (tertiary/aromatic N) is 19. The third-order valence-electron chi connectivity index (χ3n) is 17.5. The summed E-state index contributed by atoms with van der Waals surface area (Å²) in [5.41, 5.74) is 20.6. The summed E-state index contributed by atoms with van der Waals surface area (Å²) in [5, 5.41) is 22.4. The first-order valence-electron chi connectivity index (χ1n) is 36.3. The Labute approximate surface area is 682 Å². The van der Waals surface area contributed by atoms with Crippen LogP contribution in [-0.2, 0) is 14.4 Å². The van der Waals surface area contributed by atoms with Crippen LogP contribution in [0.2, 0.25) is 0 Å². The molecule has 9 aromatic heterocycles. The van der Waals surface area contributed by atoms with Crippen molar-refractivity contribution < 1.29 is 28.6 Å². The maximum Gasteiger partial charge on any atom is 0.247 e. The fraction of sp³-hybridized carbons (Fsp3) is 0.274. The van der Waals surface area contributed by atoms with Gasteiger partial charge in [-0.1, -0.05) is 45.4 Å². The first-order chi connectivity index (χ1) is 55.2. The summed E-state index contributed by atoms with van der Waals surface area (Å²) in [6, 6.07) is 36.4. The van der Waals surface area contributed by atoms with Gasteiger partial charge in [0.1, 0.15) is 34.3 Å². The van der Waals surface area contributed by atoms with E-state index in [1.807, 2.05) is 225 Å². The van der Waals surface area contributed by atoms with Crippen LogP contribution in [-0.4, -0.2) is 214 Å². The summed E-state index contributed by atoms with van der Waals surface area (Å²) in [4.78, 5) is 87.9. The molecule has 0 atom stereocenters. The maximum atomic E-state index is 12.2. The molecule has 0 saturated heterocycles. The van der Waals surface area contributed by atoms with Crippen LogP contribution in [0.1, 0.15) is 31.4 Å². The zero-order valence-corrected chi connectivity index (χ0v) is 68.6. The molecule has 0 aliphatic heterocycles. The van der Waals surface area contributed by atoms with Crippen molar-refractivity contribution in [2.45, 2.75) is 35.1 Å². The Morgan fingerprint density at radius 1 is 0.466 bits per heavy atom. The highest BCUT2D eigenvalue weighted by Gasteiger charge is 2.22. The van der Waals surface area contributed by atoms with Crippen molar-refractivity contribution in [2.75, 3.05) is 171 Å². The van der Waals surface area contributed by atoms with Crippen molar-refractivity contribution in [1.29, 1.82) is 5.26 Å². The van der Waals surface area contributed by atoms with E-state index in [1.54, 1.807) is 46.0 Å². The average Bonchev–Trinajstić information content (AvgIpc) is 1.60. The minimum Gasteiger partial charge on any atom is -0.494 e. The van der Waals surface area contributed by atoms with E-state index in [9.17, 15) is 14.4 Å². The summed E-state index contributed by atoms with van der Waals surface area (Å²) >= 11 is 4.71. The largest absolute Gasteiger partial charge is 0.494 e. The molecule has 608 valence electrons. The number of nitrogen functional groups attached to an aromatic ring is 1.